The van der Waals surface area contributed by atoms with E-state index in [4.69, 9.17) is 23.7 Å². The van der Waals surface area contributed by atoms with Crippen LogP contribution >= 0.6 is 0 Å². The first kappa shape index (κ1) is 11.9. The molecule has 14 heavy (non-hydrogen) atoms. The van der Waals surface area contributed by atoms with E-state index < -0.39 is 6.29 Å². The van der Waals surface area contributed by atoms with Crippen molar-refractivity contribution in [2.24, 2.45) is 0 Å². The summed E-state index contributed by atoms with van der Waals surface area (Å²) in [4.78, 5) is 0. The fraction of sp³-hybridized carbons (Fsp3) is 1.00. The minimum Gasteiger partial charge on any atom is -0.376 e. The highest BCUT2D eigenvalue weighted by Crippen LogP contribution is 2.22. The van der Waals surface area contributed by atoms with Crippen molar-refractivity contribution in [2.45, 2.75) is 24.6 Å². The van der Waals surface area contributed by atoms with Gasteiger partial charge in [-0.3, -0.25) is 0 Å². The smallest absolute Gasteiger partial charge is 0.186 e. The number of ether oxygens (including phenoxy) is 5. The molecule has 1 fully saturated rings. The Balaban J connectivity index is 2.67. The van der Waals surface area contributed by atoms with E-state index in [-0.39, 0.29) is 18.3 Å². The topological polar surface area (TPSA) is 46.2 Å². The van der Waals surface area contributed by atoms with Crippen LogP contribution in [0.5, 0.6) is 0 Å². The highest BCUT2D eigenvalue weighted by molar-refractivity contribution is 4.85. The van der Waals surface area contributed by atoms with Gasteiger partial charge in [0.15, 0.2) is 6.29 Å². The van der Waals surface area contributed by atoms with Gasteiger partial charge >= 0.3 is 0 Å². The zero-order valence-corrected chi connectivity index (χ0v) is 9.06. The van der Waals surface area contributed by atoms with E-state index in [2.05, 4.69) is 0 Å². The van der Waals surface area contributed by atoms with E-state index in [1.807, 2.05) is 0 Å². The number of rotatable bonds is 4. The van der Waals surface area contributed by atoms with Crippen LogP contribution in [0, 0.1) is 0 Å². The molecule has 0 aliphatic carbocycles. The largest absolute Gasteiger partial charge is 0.376 e. The van der Waals surface area contributed by atoms with E-state index in [1.54, 1.807) is 28.4 Å². The Morgan fingerprint density at radius 3 is 1.93 bits per heavy atom. The standard InChI is InChI=1S/C9H18O5/c1-10-6-5-14-9(13-4)8(12-3)7(6)11-2/h6-9H,5H2,1-4H3/t6-,7-,8+,9?/m1/s1. The van der Waals surface area contributed by atoms with E-state index >= 15 is 0 Å². The molecule has 1 saturated heterocycles. The molecule has 0 aromatic rings. The SMILES string of the molecule is COC1OC[C@@H](OC)[C@@H](OC)[C@@H]1OC. The molecule has 1 unspecified atom stereocenters. The molecule has 0 aromatic heterocycles. The third kappa shape index (κ3) is 2.24. The van der Waals surface area contributed by atoms with Gasteiger partial charge in [-0.15, -0.1) is 0 Å². The third-order valence-corrected chi connectivity index (χ3v) is 2.46. The summed E-state index contributed by atoms with van der Waals surface area (Å²) < 4.78 is 26.4. The van der Waals surface area contributed by atoms with E-state index in [1.165, 1.54) is 0 Å². The molecule has 1 aliphatic heterocycles. The fourth-order valence-electron chi connectivity index (χ4n) is 1.68. The predicted octanol–water partition coefficient (Wildman–Crippen LogP) is 0.0341. The van der Waals surface area contributed by atoms with Gasteiger partial charge in [-0.1, -0.05) is 0 Å². The Labute approximate surface area is 84.2 Å². The molecule has 5 heteroatoms. The highest BCUT2D eigenvalue weighted by Gasteiger charge is 2.41. The summed E-state index contributed by atoms with van der Waals surface area (Å²) in [5.41, 5.74) is 0. The second-order valence-electron chi connectivity index (χ2n) is 3.11. The molecule has 1 rings (SSSR count). The van der Waals surface area contributed by atoms with Crippen LogP contribution in [0.1, 0.15) is 0 Å². The second-order valence-corrected chi connectivity index (χ2v) is 3.11. The zero-order valence-electron chi connectivity index (χ0n) is 9.06. The van der Waals surface area contributed by atoms with Crippen molar-refractivity contribution in [1.82, 2.24) is 0 Å². The zero-order chi connectivity index (χ0) is 10.6. The van der Waals surface area contributed by atoms with Crippen molar-refractivity contribution in [3.05, 3.63) is 0 Å². The Morgan fingerprint density at radius 1 is 0.857 bits per heavy atom. The third-order valence-electron chi connectivity index (χ3n) is 2.46. The van der Waals surface area contributed by atoms with Gasteiger partial charge in [0.1, 0.15) is 18.3 Å². The first-order valence-electron chi connectivity index (χ1n) is 4.51. The number of methoxy groups -OCH3 is 4. The first-order valence-corrected chi connectivity index (χ1v) is 4.51. The molecule has 4 atom stereocenters. The maximum atomic E-state index is 5.41. The normalized spacial score (nSPS) is 38.6. The average Bonchev–Trinajstić information content (AvgIpc) is 2.26. The van der Waals surface area contributed by atoms with Crippen molar-refractivity contribution in [2.75, 3.05) is 35.0 Å². The molecule has 0 bridgehead atoms. The van der Waals surface area contributed by atoms with Crippen LogP contribution in [0.3, 0.4) is 0 Å². The van der Waals surface area contributed by atoms with E-state index in [0.717, 1.165) is 0 Å². The van der Waals surface area contributed by atoms with E-state index in [0.29, 0.717) is 6.61 Å². The molecule has 84 valence electrons. The summed E-state index contributed by atoms with van der Waals surface area (Å²) in [7, 11) is 6.43. The molecule has 1 aliphatic rings. The predicted molar refractivity (Wildman–Crippen MR) is 49.1 cm³/mol. The van der Waals surface area contributed by atoms with Crippen LogP contribution in [0.4, 0.5) is 0 Å². The minimum atomic E-state index is -0.392. The molecule has 0 aromatic carbocycles. The second kappa shape index (κ2) is 5.63. The quantitative estimate of drug-likeness (QED) is 0.649. The van der Waals surface area contributed by atoms with Gasteiger partial charge < -0.3 is 23.7 Å². The Hall–Kier alpha value is -0.200. The summed E-state index contributed by atoms with van der Waals surface area (Å²) in [5, 5.41) is 0. The molecular weight excluding hydrogens is 188 g/mol. The molecule has 5 nitrogen and oxygen atoms in total. The van der Waals surface area contributed by atoms with Crippen LogP contribution in [-0.2, 0) is 23.7 Å². The molecular formula is C9H18O5. The maximum Gasteiger partial charge on any atom is 0.186 e. The fourth-order valence-corrected chi connectivity index (χ4v) is 1.68. The van der Waals surface area contributed by atoms with Crippen molar-refractivity contribution in [3.63, 3.8) is 0 Å². The Kier molecular flexibility index (Phi) is 4.77. The van der Waals surface area contributed by atoms with Gasteiger partial charge in [0.2, 0.25) is 0 Å². The summed E-state index contributed by atoms with van der Waals surface area (Å²) in [5.74, 6) is 0. The maximum absolute atomic E-state index is 5.41. The van der Waals surface area contributed by atoms with Crippen molar-refractivity contribution >= 4 is 0 Å². The van der Waals surface area contributed by atoms with Crippen LogP contribution in [-0.4, -0.2) is 59.6 Å². The summed E-state index contributed by atoms with van der Waals surface area (Å²) in [6, 6.07) is 0. The lowest BCUT2D eigenvalue weighted by atomic mass is 10.0. The van der Waals surface area contributed by atoms with Crippen molar-refractivity contribution in [1.29, 1.82) is 0 Å². The minimum absolute atomic E-state index is 0.114. The monoisotopic (exact) mass is 206 g/mol. The summed E-state index contributed by atoms with van der Waals surface area (Å²) in [6.07, 6.45) is -0.930. The van der Waals surface area contributed by atoms with Gasteiger partial charge in [0.05, 0.1) is 6.61 Å². The first-order chi connectivity index (χ1) is 6.78. The Morgan fingerprint density at radius 2 is 1.50 bits per heavy atom. The summed E-state index contributed by atoms with van der Waals surface area (Å²) in [6.45, 7) is 0.452. The number of hydrogen-bond acceptors (Lipinski definition) is 5. The van der Waals surface area contributed by atoms with Gasteiger partial charge in [-0.25, -0.2) is 0 Å². The highest BCUT2D eigenvalue weighted by atomic mass is 16.7. The van der Waals surface area contributed by atoms with Crippen molar-refractivity contribution in [3.8, 4) is 0 Å². The lowest BCUT2D eigenvalue weighted by Gasteiger charge is -2.39. The average molecular weight is 206 g/mol. The van der Waals surface area contributed by atoms with Gasteiger partial charge in [-0.05, 0) is 0 Å². The van der Waals surface area contributed by atoms with Crippen LogP contribution < -0.4 is 0 Å². The lowest BCUT2D eigenvalue weighted by molar-refractivity contribution is -0.276. The number of hydrogen-bond donors (Lipinski definition) is 0. The van der Waals surface area contributed by atoms with Gasteiger partial charge in [0, 0.05) is 28.4 Å². The van der Waals surface area contributed by atoms with E-state index in [9.17, 15) is 0 Å². The van der Waals surface area contributed by atoms with Crippen LogP contribution in [0.15, 0.2) is 0 Å². The lowest BCUT2D eigenvalue weighted by Crippen LogP contribution is -2.55. The molecule has 0 radical (unpaired) electrons. The molecule has 1 heterocycles. The van der Waals surface area contributed by atoms with Gasteiger partial charge in [0.25, 0.3) is 0 Å². The Bertz CT molecular complexity index is 145. The molecule has 0 spiro atoms. The van der Waals surface area contributed by atoms with Crippen LogP contribution in [0.2, 0.25) is 0 Å². The molecule has 0 saturated carbocycles. The van der Waals surface area contributed by atoms with Crippen molar-refractivity contribution < 1.29 is 23.7 Å². The van der Waals surface area contributed by atoms with Gasteiger partial charge in [-0.2, -0.15) is 0 Å². The summed E-state index contributed by atoms with van der Waals surface area (Å²) >= 11 is 0. The molecule has 0 amide bonds. The molecule has 0 N–H and O–H groups in total. The van der Waals surface area contributed by atoms with Crippen LogP contribution in [0.25, 0.3) is 0 Å².